The summed E-state index contributed by atoms with van der Waals surface area (Å²) in [7, 11) is 1.74. The van der Waals surface area contributed by atoms with Crippen molar-refractivity contribution in [1.29, 1.82) is 0 Å². The molecule has 1 aromatic rings. The molecular formula is C11H15N3O5. The number of rotatable bonds is 3. The van der Waals surface area contributed by atoms with E-state index in [0.29, 0.717) is 5.82 Å². The van der Waals surface area contributed by atoms with Crippen LogP contribution in [0.3, 0.4) is 0 Å². The summed E-state index contributed by atoms with van der Waals surface area (Å²) in [6, 6.07) is 1.72. The first-order valence-corrected chi connectivity index (χ1v) is 5.76. The third kappa shape index (κ3) is 2.45. The van der Waals surface area contributed by atoms with Gasteiger partial charge in [-0.15, -0.1) is 0 Å². The van der Waals surface area contributed by atoms with E-state index in [4.69, 9.17) is 9.84 Å². The lowest BCUT2D eigenvalue weighted by Gasteiger charge is -2.31. The summed E-state index contributed by atoms with van der Waals surface area (Å²) in [6.07, 6.45) is -3.27. The highest BCUT2D eigenvalue weighted by Gasteiger charge is 2.40. The van der Waals surface area contributed by atoms with Crippen LogP contribution < -0.4 is 4.90 Å². The largest absolute Gasteiger partial charge is 0.479 e. The number of aryl methyl sites for hydroxylation is 2. The molecule has 0 radical (unpaired) electrons. The molecule has 0 saturated carbocycles. The minimum absolute atomic E-state index is 0.149. The number of amides is 1. The summed E-state index contributed by atoms with van der Waals surface area (Å²) in [5, 5.41) is 22.3. The predicted octanol–water partition coefficient (Wildman–Crippen LogP) is -1.09. The molecule has 0 spiro atoms. The Hall–Kier alpha value is -1.93. The van der Waals surface area contributed by atoms with Crippen LogP contribution in [-0.2, 0) is 21.4 Å². The Balaban J connectivity index is 2.23. The number of nitrogens with zero attached hydrogens (tertiary/aromatic N) is 3. The minimum Gasteiger partial charge on any atom is -0.479 e. The molecule has 2 atom stereocenters. The molecule has 1 amide bonds. The lowest BCUT2D eigenvalue weighted by atomic mass is 10.1. The Morgan fingerprint density at radius 2 is 2.32 bits per heavy atom. The van der Waals surface area contributed by atoms with E-state index in [2.05, 4.69) is 5.10 Å². The lowest BCUT2D eigenvalue weighted by molar-refractivity contribution is -0.163. The fraction of sp³-hybridized carbons (Fsp3) is 0.545. The number of morpholine rings is 1. The highest BCUT2D eigenvalue weighted by molar-refractivity contribution is 5.99. The van der Waals surface area contributed by atoms with Crippen LogP contribution in [0.15, 0.2) is 6.07 Å². The number of carboxylic acid groups (broad SMARTS) is 1. The number of carbonyl (C=O) groups excluding carboxylic acids is 1. The highest BCUT2D eigenvalue weighted by atomic mass is 16.5. The third-order valence-corrected chi connectivity index (χ3v) is 3.04. The molecule has 0 bridgehead atoms. The van der Waals surface area contributed by atoms with Gasteiger partial charge in [0.2, 0.25) is 0 Å². The molecule has 8 heteroatoms. The van der Waals surface area contributed by atoms with Crippen molar-refractivity contribution in [2.45, 2.75) is 19.1 Å². The second kappa shape index (κ2) is 4.98. The Bertz CT molecular complexity index is 493. The zero-order valence-corrected chi connectivity index (χ0v) is 10.6. The van der Waals surface area contributed by atoms with Crippen molar-refractivity contribution >= 4 is 17.7 Å². The first-order valence-electron chi connectivity index (χ1n) is 5.76. The van der Waals surface area contributed by atoms with Crippen LogP contribution in [0.5, 0.6) is 0 Å². The Labute approximate surface area is 109 Å². The minimum atomic E-state index is -1.87. The molecule has 1 saturated heterocycles. The van der Waals surface area contributed by atoms with Gasteiger partial charge in [0.25, 0.3) is 5.91 Å². The number of aliphatic carboxylic acids is 1. The van der Waals surface area contributed by atoms with E-state index in [0.717, 1.165) is 5.69 Å². The molecule has 8 nitrogen and oxygen atoms in total. The molecule has 0 aromatic carbocycles. The van der Waals surface area contributed by atoms with E-state index < -0.39 is 24.1 Å². The van der Waals surface area contributed by atoms with Crippen LogP contribution in [0.1, 0.15) is 5.69 Å². The number of aliphatic hydroxyl groups excluding tert-OH is 1. The van der Waals surface area contributed by atoms with Crippen molar-refractivity contribution < 1.29 is 24.5 Å². The number of aliphatic hydroxyl groups is 1. The summed E-state index contributed by atoms with van der Waals surface area (Å²) >= 11 is 0. The summed E-state index contributed by atoms with van der Waals surface area (Å²) in [6.45, 7) is 2.26. The van der Waals surface area contributed by atoms with Crippen LogP contribution in [0, 0.1) is 6.92 Å². The molecule has 104 valence electrons. The molecule has 1 aliphatic rings. The van der Waals surface area contributed by atoms with Crippen LogP contribution in [-0.4, -0.2) is 57.2 Å². The second-order valence-electron chi connectivity index (χ2n) is 4.33. The maximum atomic E-state index is 12.1. The summed E-state index contributed by atoms with van der Waals surface area (Å²) in [5.41, 5.74) is 0.865. The number of carbonyl (C=O) groups is 2. The Kier molecular flexibility index (Phi) is 3.54. The van der Waals surface area contributed by atoms with Crippen LogP contribution in [0.4, 0.5) is 5.82 Å². The maximum Gasteiger partial charge on any atom is 0.335 e. The fourth-order valence-corrected chi connectivity index (χ4v) is 1.86. The molecule has 2 rings (SSSR count). The number of hydrogen-bond donors (Lipinski definition) is 2. The monoisotopic (exact) mass is 269 g/mol. The molecule has 1 aliphatic heterocycles. The first kappa shape index (κ1) is 13.5. The molecule has 0 aliphatic carbocycles. The van der Waals surface area contributed by atoms with E-state index in [1.807, 2.05) is 6.92 Å². The van der Waals surface area contributed by atoms with Gasteiger partial charge in [0.15, 0.2) is 18.0 Å². The average molecular weight is 269 g/mol. The normalized spacial score (nSPS) is 21.5. The van der Waals surface area contributed by atoms with Crippen molar-refractivity contribution in [1.82, 2.24) is 9.78 Å². The second-order valence-corrected chi connectivity index (χ2v) is 4.33. The van der Waals surface area contributed by atoms with Crippen molar-refractivity contribution in [3.8, 4) is 0 Å². The quantitative estimate of drug-likeness (QED) is 0.722. The number of aromatic nitrogens is 2. The molecule has 19 heavy (non-hydrogen) atoms. The van der Waals surface area contributed by atoms with E-state index in [9.17, 15) is 14.7 Å². The van der Waals surface area contributed by atoms with Gasteiger partial charge in [0.1, 0.15) is 0 Å². The number of carboxylic acids is 1. The zero-order valence-electron chi connectivity index (χ0n) is 10.6. The van der Waals surface area contributed by atoms with Crippen LogP contribution in [0.25, 0.3) is 0 Å². The van der Waals surface area contributed by atoms with Crippen LogP contribution >= 0.6 is 0 Å². The first-order chi connectivity index (χ1) is 8.91. The Morgan fingerprint density at radius 1 is 1.63 bits per heavy atom. The van der Waals surface area contributed by atoms with E-state index in [1.165, 1.54) is 4.90 Å². The summed E-state index contributed by atoms with van der Waals surface area (Å²) in [4.78, 5) is 24.2. The molecule has 2 unspecified atom stereocenters. The molecule has 2 N–H and O–H groups in total. The predicted molar refractivity (Wildman–Crippen MR) is 63.7 cm³/mol. The van der Waals surface area contributed by atoms with Crippen molar-refractivity contribution in [3.05, 3.63) is 11.8 Å². The summed E-state index contributed by atoms with van der Waals surface area (Å²) < 4.78 is 6.66. The van der Waals surface area contributed by atoms with Gasteiger partial charge in [0.05, 0.1) is 13.2 Å². The third-order valence-electron chi connectivity index (χ3n) is 3.04. The number of anilines is 1. The van der Waals surface area contributed by atoms with Crippen LogP contribution in [0.2, 0.25) is 0 Å². The summed E-state index contributed by atoms with van der Waals surface area (Å²) in [5.74, 6) is -1.66. The van der Waals surface area contributed by atoms with E-state index in [-0.39, 0.29) is 13.2 Å². The topological polar surface area (TPSA) is 105 Å². The van der Waals surface area contributed by atoms with E-state index >= 15 is 0 Å². The smallest absolute Gasteiger partial charge is 0.335 e. The number of hydrogen-bond acceptors (Lipinski definition) is 5. The number of ether oxygens (including phenoxy) is 1. The van der Waals surface area contributed by atoms with Gasteiger partial charge >= 0.3 is 5.97 Å². The Morgan fingerprint density at radius 3 is 2.84 bits per heavy atom. The highest BCUT2D eigenvalue weighted by Crippen LogP contribution is 2.19. The van der Waals surface area contributed by atoms with Crippen molar-refractivity contribution in [2.75, 3.05) is 18.1 Å². The molecule has 1 aromatic heterocycles. The van der Waals surface area contributed by atoms with Gasteiger partial charge < -0.3 is 14.9 Å². The SMILES string of the molecule is Cc1cc(N2CCOC(C(O)C(=O)O)C2=O)nn1C. The standard InChI is InChI=1S/C11H15N3O5/c1-6-5-7(12-13(6)2)14-3-4-19-9(10(14)16)8(15)11(17)18/h5,8-9,15H,3-4H2,1-2H3,(H,17,18). The van der Waals surface area contributed by atoms with Gasteiger partial charge in [0, 0.05) is 18.8 Å². The van der Waals surface area contributed by atoms with Crippen molar-refractivity contribution in [3.63, 3.8) is 0 Å². The van der Waals surface area contributed by atoms with Gasteiger partial charge in [-0.05, 0) is 6.92 Å². The van der Waals surface area contributed by atoms with Crippen molar-refractivity contribution in [2.24, 2.45) is 7.05 Å². The molecule has 2 heterocycles. The molecule has 1 fully saturated rings. The van der Waals surface area contributed by atoms with Gasteiger partial charge in [-0.1, -0.05) is 0 Å². The van der Waals surface area contributed by atoms with Gasteiger partial charge in [-0.2, -0.15) is 5.10 Å². The average Bonchev–Trinajstić information content (AvgIpc) is 2.68. The maximum absolute atomic E-state index is 12.1. The zero-order chi connectivity index (χ0) is 14.2. The fourth-order valence-electron chi connectivity index (χ4n) is 1.86. The van der Waals surface area contributed by atoms with Gasteiger partial charge in [-0.3, -0.25) is 14.4 Å². The van der Waals surface area contributed by atoms with Gasteiger partial charge in [-0.25, -0.2) is 4.79 Å². The lowest BCUT2D eigenvalue weighted by Crippen LogP contribution is -2.54. The molecular weight excluding hydrogens is 254 g/mol. The van der Waals surface area contributed by atoms with E-state index in [1.54, 1.807) is 17.8 Å².